The smallest absolute Gasteiger partial charge is 0.410 e. The van der Waals surface area contributed by atoms with Gasteiger partial charge in [0.25, 0.3) is 23.6 Å². The molecule has 10 atom stereocenters. The number of nitrogens with zero attached hydrogens (tertiary/aromatic N) is 14. The number of nitrogens with two attached hydrogens (primary N) is 1. The Morgan fingerprint density at radius 3 is 1.37 bits per heavy atom. The minimum absolute atomic E-state index is 0.0110. The molecular formula is C66H85ClN16O8. The van der Waals surface area contributed by atoms with Gasteiger partial charge in [0.15, 0.2) is 0 Å². The summed E-state index contributed by atoms with van der Waals surface area (Å²) >= 11 is 6.00. The largest absolute Gasteiger partial charge is 0.444 e. The third kappa shape index (κ3) is 13.1. The number of carbonyl (C=O) groups excluding carboxylic acids is 6. The van der Waals surface area contributed by atoms with Crippen LogP contribution in [0.25, 0.3) is 22.1 Å². The molecule has 91 heavy (non-hydrogen) atoms. The Morgan fingerprint density at radius 2 is 0.989 bits per heavy atom. The maximum atomic E-state index is 13.4. The maximum absolute atomic E-state index is 13.4. The monoisotopic (exact) mass is 1260 g/mol. The van der Waals surface area contributed by atoms with Gasteiger partial charge in [0.05, 0.1) is 35.3 Å². The molecule has 0 spiro atoms. The lowest BCUT2D eigenvalue weighted by Crippen LogP contribution is -2.57. The number of anilines is 3. The lowest BCUT2D eigenvalue weighted by Gasteiger charge is -2.41. The van der Waals surface area contributed by atoms with Crippen LogP contribution in [0.2, 0.25) is 5.28 Å². The van der Waals surface area contributed by atoms with Crippen LogP contribution < -0.4 is 11.1 Å². The van der Waals surface area contributed by atoms with Crippen LogP contribution in [0, 0.1) is 23.7 Å². The van der Waals surface area contributed by atoms with E-state index in [1.54, 1.807) is 85.7 Å². The first kappa shape index (κ1) is 63.0. The van der Waals surface area contributed by atoms with Crippen LogP contribution >= 0.6 is 11.6 Å². The number of halogens is 1. The molecule has 3 N–H and O–H groups in total. The van der Waals surface area contributed by atoms with E-state index in [1.807, 2.05) is 68.4 Å². The first-order valence-corrected chi connectivity index (χ1v) is 32.5. The van der Waals surface area contributed by atoms with Crippen LogP contribution in [0.4, 0.5) is 27.2 Å². The molecule has 10 heterocycles. The van der Waals surface area contributed by atoms with Crippen molar-refractivity contribution in [1.29, 1.82) is 0 Å². The molecule has 4 saturated carbocycles. The highest BCUT2D eigenvalue weighted by Gasteiger charge is 2.48. The van der Waals surface area contributed by atoms with E-state index in [0.717, 1.165) is 66.5 Å². The van der Waals surface area contributed by atoms with E-state index >= 15 is 0 Å². The zero-order valence-electron chi connectivity index (χ0n) is 53.8. The SMILES string of the molecule is CC(C)(C)OC(=O)N1C2CCC1CN(C(=O)c1ccc(N)nc1)C2.CN(C)C(=O)c1cc2cnc(Cl)nc2n1[C@H]1C[C@@H]2CC[C@H]1C2.CN(C)C(=O)c1cc2cnc(Nc3ccc(C(=O)N4CC5CCC(C4)N5C(=O)OC(C)(C)C)cn3)nc2n1[C@H]1C[C@@H]2CC[C@H]1C2. The van der Waals surface area contributed by atoms with Crippen LogP contribution in [-0.2, 0) is 9.47 Å². The highest BCUT2D eigenvalue weighted by molar-refractivity contribution is 6.28. The predicted molar refractivity (Wildman–Crippen MR) is 343 cm³/mol. The molecule has 0 aromatic carbocycles. The van der Waals surface area contributed by atoms with Gasteiger partial charge in [-0.3, -0.25) is 29.0 Å². The summed E-state index contributed by atoms with van der Waals surface area (Å²) in [4.78, 5) is 114. The molecule has 4 aliphatic carbocycles. The lowest BCUT2D eigenvalue weighted by molar-refractivity contribution is -0.00386. The molecule has 4 saturated heterocycles. The van der Waals surface area contributed by atoms with Gasteiger partial charge >= 0.3 is 12.2 Å². The number of nitrogens with one attached hydrogen (secondary N) is 1. The third-order valence-electron chi connectivity index (χ3n) is 19.5. The Kier molecular flexibility index (Phi) is 17.2. The third-order valence-corrected chi connectivity index (χ3v) is 19.7. The molecule has 24 nitrogen and oxygen atoms in total. The van der Waals surface area contributed by atoms with Crippen molar-refractivity contribution in [3.63, 3.8) is 0 Å². The van der Waals surface area contributed by atoms with Crippen molar-refractivity contribution in [1.82, 2.24) is 68.4 Å². The number of amides is 6. The Hall–Kier alpha value is -8.15. The highest BCUT2D eigenvalue weighted by Crippen LogP contribution is 2.53. The molecule has 6 amide bonds. The zero-order chi connectivity index (χ0) is 64.5. The van der Waals surface area contributed by atoms with E-state index in [-0.39, 0.29) is 71.3 Å². The van der Waals surface area contributed by atoms with Crippen molar-refractivity contribution in [2.24, 2.45) is 23.7 Å². The fourth-order valence-electron chi connectivity index (χ4n) is 15.5. The van der Waals surface area contributed by atoms with Crippen molar-refractivity contribution in [3.8, 4) is 0 Å². The van der Waals surface area contributed by atoms with E-state index in [0.29, 0.717) is 90.1 Å². The molecule has 4 unspecified atom stereocenters. The number of carbonyl (C=O) groups is 6. The second kappa shape index (κ2) is 24.8. The van der Waals surface area contributed by atoms with Crippen molar-refractivity contribution in [2.75, 3.05) is 65.4 Å². The number of aromatic nitrogens is 8. The topological polar surface area (TPSA) is 266 Å². The highest BCUT2D eigenvalue weighted by atomic mass is 35.5. The van der Waals surface area contributed by atoms with Gasteiger partial charge in [0.1, 0.15) is 45.5 Å². The van der Waals surface area contributed by atoms with Gasteiger partial charge in [-0.1, -0.05) is 12.8 Å². The molecule has 6 aromatic rings. The molecule has 14 rings (SSSR count). The summed E-state index contributed by atoms with van der Waals surface area (Å²) in [7, 11) is 7.11. The molecule has 6 aromatic heterocycles. The summed E-state index contributed by atoms with van der Waals surface area (Å²) in [6.45, 7) is 13.2. The summed E-state index contributed by atoms with van der Waals surface area (Å²) in [5.74, 6) is 3.83. The summed E-state index contributed by atoms with van der Waals surface area (Å²) in [5.41, 5.74) is 8.40. The number of piperazine rings is 2. The second-order valence-electron chi connectivity index (χ2n) is 28.6. The van der Waals surface area contributed by atoms with Crippen LogP contribution in [-0.4, -0.2) is 194 Å². The quantitative estimate of drug-likeness (QED) is 0.134. The first-order chi connectivity index (χ1) is 43.2. The van der Waals surface area contributed by atoms with Gasteiger partial charge in [-0.25, -0.2) is 29.5 Å². The summed E-state index contributed by atoms with van der Waals surface area (Å²) in [6.07, 6.45) is 19.2. The van der Waals surface area contributed by atoms with Gasteiger partial charge in [-0.2, -0.15) is 9.97 Å². The van der Waals surface area contributed by atoms with Gasteiger partial charge in [-0.05, 0) is 177 Å². The molecule has 0 radical (unpaired) electrons. The lowest BCUT2D eigenvalue weighted by atomic mass is 9.95. The minimum atomic E-state index is -0.560. The van der Waals surface area contributed by atoms with E-state index < -0.39 is 11.2 Å². The molecule has 4 aliphatic heterocycles. The summed E-state index contributed by atoms with van der Waals surface area (Å²) in [5, 5.41) is 5.15. The number of hydrogen-bond acceptors (Lipinski definition) is 16. The number of pyridine rings is 2. The van der Waals surface area contributed by atoms with Crippen LogP contribution in [0.1, 0.15) is 172 Å². The molecule has 484 valence electrons. The van der Waals surface area contributed by atoms with Gasteiger partial charge in [-0.15, -0.1) is 0 Å². The first-order valence-electron chi connectivity index (χ1n) is 32.1. The number of fused-ring (bicyclic) bond motifs is 10. The molecule has 8 aliphatic rings. The maximum Gasteiger partial charge on any atom is 0.410 e. The zero-order valence-corrected chi connectivity index (χ0v) is 54.6. The average molecular weight is 1270 g/mol. The summed E-state index contributed by atoms with van der Waals surface area (Å²) in [6, 6.07) is 11.2. The van der Waals surface area contributed by atoms with E-state index in [9.17, 15) is 28.8 Å². The van der Waals surface area contributed by atoms with Crippen LogP contribution in [0.15, 0.2) is 61.2 Å². The number of likely N-dealkylation sites (tertiary alicyclic amines) is 2. The van der Waals surface area contributed by atoms with Crippen LogP contribution in [0.3, 0.4) is 0 Å². The van der Waals surface area contributed by atoms with Crippen molar-refractivity contribution < 1.29 is 38.2 Å². The Morgan fingerprint density at radius 1 is 0.549 bits per heavy atom. The number of hydrogen-bond donors (Lipinski definition) is 2. The number of rotatable bonds is 8. The molecule has 8 bridgehead atoms. The Bertz CT molecular complexity index is 3740. The van der Waals surface area contributed by atoms with Crippen molar-refractivity contribution in [3.05, 3.63) is 89.0 Å². The number of nitrogen functional groups attached to an aromatic ring is 1. The van der Waals surface area contributed by atoms with E-state index in [1.165, 1.54) is 44.7 Å². The number of ether oxygens (including phenoxy) is 2. The average Bonchev–Trinajstić information content (AvgIpc) is 1.65. The fourth-order valence-corrected chi connectivity index (χ4v) is 15.7. The molecule has 25 heteroatoms. The van der Waals surface area contributed by atoms with Gasteiger partial charge in [0.2, 0.25) is 11.2 Å². The van der Waals surface area contributed by atoms with E-state index in [4.69, 9.17) is 31.8 Å². The van der Waals surface area contributed by atoms with Gasteiger partial charge in [0, 0.05) is 102 Å². The summed E-state index contributed by atoms with van der Waals surface area (Å²) < 4.78 is 15.4. The van der Waals surface area contributed by atoms with E-state index in [2.05, 4.69) is 39.4 Å². The standard InChI is InChI=1S/C33H42N8O4.C17H24N4O3.C16H19ClN4O/c1-33(2,3)45-32(44)40-23-9-10-24(40)18-39(17-23)29(42)21-8-11-27(34-15-21)36-31-35-16-22-14-26(30(43)38(4)5)41(28(22)37-31)25-13-19-6-7-20(25)12-19;1-17(2,3)24-16(23)21-12-5-6-13(21)10-20(9-12)15(22)11-4-7-14(18)19-8-11;1-20(2)15(22)13-7-11-8-18-16(17)19-14(11)21(13)12-6-9-3-4-10(12)5-9/h8,11,14-16,19-20,23-25H,6-7,9-10,12-13,17-18H2,1-5H3,(H,34,35,36,37);4,7-8,12-13H,5-6,9-10H2,1-3H3,(H2,18,19);7-10,12H,3-6H2,1-2H3/t19-,20+,23?,24?,25+;;9-,10+,12+/m1.1/s1. The van der Waals surface area contributed by atoms with Crippen molar-refractivity contribution >= 4 is 87.1 Å². The van der Waals surface area contributed by atoms with Crippen molar-refractivity contribution in [2.45, 2.75) is 166 Å². The fraction of sp³-hybridized carbons (Fsp3) is 0.576. The Balaban J connectivity index is 0.000000146. The minimum Gasteiger partial charge on any atom is -0.444 e. The Labute approximate surface area is 535 Å². The van der Waals surface area contributed by atoms with Gasteiger partial charge < -0.3 is 49.3 Å². The second-order valence-corrected chi connectivity index (χ2v) is 28.9. The molecular weight excluding hydrogens is 1180 g/mol. The van der Waals surface area contributed by atoms with Crippen LogP contribution in [0.5, 0.6) is 0 Å². The predicted octanol–water partition coefficient (Wildman–Crippen LogP) is 9.89. The molecule has 8 fully saturated rings. The normalized spacial score (nSPS) is 25.3.